The predicted molar refractivity (Wildman–Crippen MR) is 77.4 cm³/mol. The van der Waals surface area contributed by atoms with Gasteiger partial charge >= 0.3 is 5.97 Å². The van der Waals surface area contributed by atoms with Crippen molar-refractivity contribution in [1.29, 1.82) is 0 Å². The molecule has 0 bridgehead atoms. The number of carboxylic acid groups (broad SMARTS) is 1. The van der Waals surface area contributed by atoms with Gasteiger partial charge in [-0.05, 0) is 26.0 Å². The number of aromatic hydroxyl groups is 1. The van der Waals surface area contributed by atoms with E-state index in [4.69, 9.17) is 9.84 Å². The first-order valence-electron chi connectivity index (χ1n) is 6.87. The molecular weight excluding hydrogens is 274 g/mol. The Morgan fingerprint density at radius 2 is 2.00 bits per heavy atom. The number of aliphatic carboxylic acids is 1. The van der Waals surface area contributed by atoms with E-state index >= 15 is 0 Å². The molecule has 1 unspecified atom stereocenters. The summed E-state index contributed by atoms with van der Waals surface area (Å²) in [5.41, 5.74) is 0.899. The van der Waals surface area contributed by atoms with Gasteiger partial charge in [-0.1, -0.05) is 6.92 Å². The summed E-state index contributed by atoms with van der Waals surface area (Å²) in [5, 5.41) is 21.8. The van der Waals surface area contributed by atoms with E-state index < -0.39 is 12.0 Å². The van der Waals surface area contributed by atoms with Gasteiger partial charge < -0.3 is 20.3 Å². The first-order valence-corrected chi connectivity index (χ1v) is 6.87. The molecule has 0 spiro atoms. The SMILES string of the molecule is CCOc1ccc(C(CC(=O)O)NC(=O)CC)c(O)c1C. The number of nitrogens with one attached hydrogen (secondary N) is 1. The zero-order valence-corrected chi connectivity index (χ0v) is 12.5. The van der Waals surface area contributed by atoms with Crippen LogP contribution in [0.3, 0.4) is 0 Å². The third kappa shape index (κ3) is 4.37. The van der Waals surface area contributed by atoms with Crippen molar-refractivity contribution >= 4 is 11.9 Å². The van der Waals surface area contributed by atoms with Crippen molar-refractivity contribution in [2.45, 2.75) is 39.7 Å². The van der Waals surface area contributed by atoms with Crippen LogP contribution in [0.1, 0.15) is 43.9 Å². The molecule has 0 radical (unpaired) electrons. The van der Waals surface area contributed by atoms with E-state index in [-0.39, 0.29) is 24.5 Å². The summed E-state index contributed by atoms with van der Waals surface area (Å²) in [6.45, 7) is 5.66. The molecule has 6 nitrogen and oxygen atoms in total. The molecule has 1 amide bonds. The lowest BCUT2D eigenvalue weighted by molar-refractivity contribution is -0.137. The topological polar surface area (TPSA) is 95.9 Å². The number of ether oxygens (including phenoxy) is 1. The Kier molecular flexibility index (Phi) is 6.02. The molecule has 116 valence electrons. The number of carbonyl (C=O) groups is 2. The number of hydrogen-bond acceptors (Lipinski definition) is 4. The van der Waals surface area contributed by atoms with Crippen LogP contribution in [0.5, 0.6) is 11.5 Å². The fourth-order valence-corrected chi connectivity index (χ4v) is 2.01. The molecule has 1 aromatic rings. The summed E-state index contributed by atoms with van der Waals surface area (Å²) in [5.74, 6) is -0.840. The quantitative estimate of drug-likeness (QED) is 0.716. The number of benzene rings is 1. The molecule has 0 saturated heterocycles. The highest BCUT2D eigenvalue weighted by molar-refractivity contribution is 5.77. The van der Waals surface area contributed by atoms with Gasteiger partial charge in [0.15, 0.2) is 0 Å². The maximum Gasteiger partial charge on any atom is 0.305 e. The van der Waals surface area contributed by atoms with E-state index in [1.807, 2.05) is 6.92 Å². The van der Waals surface area contributed by atoms with Crippen LogP contribution in [0.15, 0.2) is 12.1 Å². The van der Waals surface area contributed by atoms with E-state index in [1.54, 1.807) is 26.0 Å². The number of carbonyl (C=O) groups excluding carboxylic acids is 1. The van der Waals surface area contributed by atoms with Crippen LogP contribution >= 0.6 is 0 Å². The molecule has 0 aromatic heterocycles. The Labute approximate surface area is 123 Å². The van der Waals surface area contributed by atoms with Gasteiger partial charge in [0, 0.05) is 17.5 Å². The molecule has 0 aliphatic heterocycles. The summed E-state index contributed by atoms with van der Waals surface area (Å²) in [6, 6.07) is 2.47. The van der Waals surface area contributed by atoms with Crippen LogP contribution in [0.25, 0.3) is 0 Å². The molecule has 1 atom stereocenters. The van der Waals surface area contributed by atoms with Crippen LogP contribution in [0, 0.1) is 6.92 Å². The van der Waals surface area contributed by atoms with Crippen LogP contribution in [0.2, 0.25) is 0 Å². The highest BCUT2D eigenvalue weighted by Crippen LogP contribution is 2.35. The van der Waals surface area contributed by atoms with E-state index in [2.05, 4.69) is 5.32 Å². The molecular formula is C15H21NO5. The van der Waals surface area contributed by atoms with Crippen molar-refractivity contribution in [3.63, 3.8) is 0 Å². The van der Waals surface area contributed by atoms with E-state index in [1.165, 1.54) is 0 Å². The highest BCUT2D eigenvalue weighted by atomic mass is 16.5. The number of phenols is 1. The Morgan fingerprint density at radius 1 is 1.33 bits per heavy atom. The summed E-state index contributed by atoms with van der Waals surface area (Å²) in [4.78, 5) is 22.5. The summed E-state index contributed by atoms with van der Waals surface area (Å²) >= 11 is 0. The van der Waals surface area contributed by atoms with E-state index in [0.29, 0.717) is 23.5 Å². The number of phenolic OH excluding ortho intramolecular Hbond substituents is 1. The highest BCUT2D eigenvalue weighted by Gasteiger charge is 2.22. The molecule has 0 saturated carbocycles. The number of carboxylic acids is 1. The lowest BCUT2D eigenvalue weighted by atomic mass is 9.99. The smallest absolute Gasteiger partial charge is 0.305 e. The second-order valence-electron chi connectivity index (χ2n) is 4.63. The third-order valence-corrected chi connectivity index (χ3v) is 3.12. The van der Waals surface area contributed by atoms with Crippen molar-refractivity contribution < 1.29 is 24.5 Å². The monoisotopic (exact) mass is 295 g/mol. The van der Waals surface area contributed by atoms with Crippen molar-refractivity contribution in [2.75, 3.05) is 6.61 Å². The van der Waals surface area contributed by atoms with Gasteiger partial charge in [-0.3, -0.25) is 9.59 Å². The van der Waals surface area contributed by atoms with Crippen molar-refractivity contribution in [3.8, 4) is 11.5 Å². The van der Waals surface area contributed by atoms with Crippen LogP contribution in [-0.2, 0) is 9.59 Å². The third-order valence-electron chi connectivity index (χ3n) is 3.12. The standard InChI is InChI=1S/C15H21NO5/c1-4-13(17)16-11(8-14(18)19)10-6-7-12(21-5-2)9(3)15(10)20/h6-7,11,20H,4-5,8H2,1-3H3,(H,16,17)(H,18,19). The van der Waals surface area contributed by atoms with E-state index in [9.17, 15) is 14.7 Å². The minimum Gasteiger partial charge on any atom is -0.507 e. The van der Waals surface area contributed by atoms with Gasteiger partial charge in [-0.2, -0.15) is 0 Å². The van der Waals surface area contributed by atoms with Gasteiger partial charge in [0.2, 0.25) is 5.91 Å². The number of rotatable bonds is 7. The molecule has 0 fully saturated rings. The summed E-state index contributed by atoms with van der Waals surface area (Å²) in [7, 11) is 0. The van der Waals surface area contributed by atoms with Gasteiger partial charge in [-0.15, -0.1) is 0 Å². The molecule has 0 aliphatic carbocycles. The van der Waals surface area contributed by atoms with E-state index in [0.717, 1.165) is 0 Å². The van der Waals surface area contributed by atoms with Crippen LogP contribution in [-0.4, -0.2) is 28.7 Å². The largest absolute Gasteiger partial charge is 0.507 e. The molecule has 0 heterocycles. The predicted octanol–water partition coefficient (Wildman–Crippen LogP) is 2.14. The fraction of sp³-hybridized carbons (Fsp3) is 0.467. The van der Waals surface area contributed by atoms with Gasteiger partial charge in [0.05, 0.1) is 19.1 Å². The molecule has 0 aliphatic rings. The zero-order valence-electron chi connectivity index (χ0n) is 12.5. The summed E-state index contributed by atoms with van der Waals surface area (Å²) in [6.07, 6.45) is -0.0559. The number of amides is 1. The maximum atomic E-state index is 11.5. The first kappa shape index (κ1) is 16.8. The second kappa shape index (κ2) is 7.52. The molecule has 3 N–H and O–H groups in total. The van der Waals surface area contributed by atoms with Crippen molar-refractivity contribution in [2.24, 2.45) is 0 Å². The fourth-order valence-electron chi connectivity index (χ4n) is 2.01. The summed E-state index contributed by atoms with van der Waals surface area (Å²) < 4.78 is 5.37. The zero-order chi connectivity index (χ0) is 16.0. The Bertz CT molecular complexity index is 527. The lowest BCUT2D eigenvalue weighted by Gasteiger charge is -2.20. The Balaban J connectivity index is 3.15. The van der Waals surface area contributed by atoms with Gasteiger partial charge in [0.1, 0.15) is 11.5 Å². The first-order chi connectivity index (χ1) is 9.90. The average molecular weight is 295 g/mol. The maximum absolute atomic E-state index is 11.5. The van der Waals surface area contributed by atoms with Crippen molar-refractivity contribution in [1.82, 2.24) is 5.32 Å². The molecule has 1 rings (SSSR count). The van der Waals surface area contributed by atoms with Crippen LogP contribution in [0.4, 0.5) is 0 Å². The average Bonchev–Trinajstić information content (AvgIpc) is 2.43. The van der Waals surface area contributed by atoms with Crippen LogP contribution < -0.4 is 10.1 Å². The normalized spacial score (nSPS) is 11.8. The Hall–Kier alpha value is -2.24. The van der Waals surface area contributed by atoms with Crippen molar-refractivity contribution in [3.05, 3.63) is 23.3 Å². The molecule has 21 heavy (non-hydrogen) atoms. The minimum atomic E-state index is -1.05. The minimum absolute atomic E-state index is 0.0522. The van der Waals surface area contributed by atoms with Gasteiger partial charge in [0.25, 0.3) is 0 Å². The lowest BCUT2D eigenvalue weighted by Crippen LogP contribution is -2.29. The number of hydrogen-bond donors (Lipinski definition) is 3. The Morgan fingerprint density at radius 3 is 2.52 bits per heavy atom. The van der Waals surface area contributed by atoms with Gasteiger partial charge in [-0.25, -0.2) is 0 Å². The molecule has 6 heteroatoms. The second-order valence-corrected chi connectivity index (χ2v) is 4.63. The molecule has 1 aromatic carbocycles.